The van der Waals surface area contributed by atoms with Crippen LogP contribution in [0.1, 0.15) is 23.7 Å². The Bertz CT molecular complexity index is 421. The molecule has 2 nitrogen and oxygen atoms in total. The van der Waals surface area contributed by atoms with Crippen LogP contribution in [-0.2, 0) is 0 Å². The van der Waals surface area contributed by atoms with E-state index in [1.807, 2.05) is 19.1 Å². The Morgan fingerprint density at radius 3 is 2.83 bits per heavy atom. The van der Waals surface area contributed by atoms with Gasteiger partial charge in [0.05, 0.1) is 5.56 Å². The van der Waals surface area contributed by atoms with Crippen molar-refractivity contribution in [2.45, 2.75) is 24.0 Å². The molecule has 0 radical (unpaired) electrons. The first kappa shape index (κ1) is 14.7. The summed E-state index contributed by atoms with van der Waals surface area (Å²) in [5.41, 5.74) is 0.295. The lowest BCUT2D eigenvalue weighted by atomic mass is 10.2. The van der Waals surface area contributed by atoms with Gasteiger partial charge in [0.15, 0.2) is 0 Å². The molecule has 0 aliphatic heterocycles. The molecule has 1 amide bonds. The minimum Gasteiger partial charge on any atom is -0.352 e. The molecule has 1 N–H and O–H groups in total. The van der Waals surface area contributed by atoms with Crippen molar-refractivity contribution < 1.29 is 13.6 Å². The molecule has 5 heteroatoms. The molecule has 1 aromatic rings. The second kappa shape index (κ2) is 7.87. The van der Waals surface area contributed by atoms with Crippen molar-refractivity contribution in [3.63, 3.8) is 0 Å². The summed E-state index contributed by atoms with van der Waals surface area (Å²) < 4.78 is 24.7. The quantitative estimate of drug-likeness (QED) is 0.485. The Hall–Kier alpha value is -1.36. The normalized spacial score (nSPS) is 11.1. The first-order chi connectivity index (χ1) is 8.65. The van der Waals surface area contributed by atoms with E-state index in [9.17, 15) is 13.6 Å². The number of amides is 1. The number of halogens is 2. The second-order valence-electron chi connectivity index (χ2n) is 3.49. The van der Waals surface area contributed by atoms with E-state index >= 15 is 0 Å². The summed E-state index contributed by atoms with van der Waals surface area (Å²) in [7, 11) is 0. The van der Waals surface area contributed by atoms with Crippen molar-refractivity contribution in [2.75, 3.05) is 6.54 Å². The second-order valence-corrected chi connectivity index (χ2v) is 4.52. The van der Waals surface area contributed by atoms with Crippen LogP contribution in [0.15, 0.2) is 41.3 Å². The Balaban J connectivity index is 2.66. The molecular weight excluding hydrogens is 256 g/mol. The molecule has 98 valence electrons. The number of thioether (sulfide) groups is 1. The Morgan fingerprint density at radius 2 is 2.17 bits per heavy atom. The van der Waals surface area contributed by atoms with Crippen LogP contribution in [-0.4, -0.2) is 18.2 Å². The number of carbonyl (C=O) groups excluding carboxylic acids is 1. The summed E-state index contributed by atoms with van der Waals surface area (Å²) in [4.78, 5) is 12.1. The molecule has 18 heavy (non-hydrogen) atoms. The van der Waals surface area contributed by atoms with Gasteiger partial charge in [0.2, 0.25) is 0 Å². The molecule has 0 aromatic heterocycles. The maximum Gasteiger partial charge on any atom is 0.288 e. The molecule has 0 fully saturated rings. The number of carbonyl (C=O) groups is 1. The van der Waals surface area contributed by atoms with Crippen LogP contribution in [0.3, 0.4) is 0 Å². The number of alkyl halides is 2. The summed E-state index contributed by atoms with van der Waals surface area (Å²) in [5, 5.41) is 2.70. The zero-order chi connectivity index (χ0) is 13.4. The van der Waals surface area contributed by atoms with E-state index < -0.39 is 5.76 Å². The van der Waals surface area contributed by atoms with Gasteiger partial charge in [0.1, 0.15) is 0 Å². The Labute approximate surface area is 109 Å². The average molecular weight is 271 g/mol. The average Bonchev–Trinajstić information content (AvgIpc) is 2.34. The predicted molar refractivity (Wildman–Crippen MR) is 70.1 cm³/mol. The number of rotatable bonds is 6. The fourth-order valence-electron chi connectivity index (χ4n) is 1.38. The van der Waals surface area contributed by atoms with Crippen LogP contribution in [0, 0.1) is 0 Å². The summed E-state index contributed by atoms with van der Waals surface area (Å²) in [6, 6.07) is 6.38. The number of hydrogen-bond acceptors (Lipinski definition) is 2. The topological polar surface area (TPSA) is 29.1 Å². The van der Waals surface area contributed by atoms with E-state index in [2.05, 4.69) is 5.32 Å². The van der Waals surface area contributed by atoms with Gasteiger partial charge in [-0.3, -0.25) is 4.79 Å². The lowest BCUT2D eigenvalue weighted by molar-refractivity contribution is 0.0951. The maximum atomic E-state index is 12.3. The highest BCUT2D eigenvalue weighted by Crippen LogP contribution is 2.28. The SMILES string of the molecule is C/C=C/CCNC(=O)c1ccccc1SC(F)F. The lowest BCUT2D eigenvalue weighted by Crippen LogP contribution is -2.24. The molecule has 1 rings (SSSR count). The molecule has 0 spiro atoms. The smallest absolute Gasteiger partial charge is 0.288 e. The van der Waals surface area contributed by atoms with Crippen molar-refractivity contribution in [3.05, 3.63) is 42.0 Å². The first-order valence-corrected chi connectivity index (χ1v) is 6.46. The molecule has 1 aromatic carbocycles. The fraction of sp³-hybridized carbons (Fsp3) is 0.308. The van der Waals surface area contributed by atoms with E-state index in [0.29, 0.717) is 28.8 Å². The van der Waals surface area contributed by atoms with Gasteiger partial charge in [-0.05, 0) is 25.5 Å². The van der Waals surface area contributed by atoms with Gasteiger partial charge in [-0.25, -0.2) is 0 Å². The molecule has 0 saturated carbocycles. The fourth-order valence-corrected chi connectivity index (χ4v) is 2.02. The van der Waals surface area contributed by atoms with Gasteiger partial charge in [-0.2, -0.15) is 8.78 Å². The van der Waals surface area contributed by atoms with Crippen molar-refractivity contribution in [3.8, 4) is 0 Å². The third-order valence-electron chi connectivity index (χ3n) is 2.18. The van der Waals surface area contributed by atoms with Gasteiger partial charge in [-0.15, -0.1) is 0 Å². The number of allylic oxidation sites excluding steroid dienone is 1. The maximum absolute atomic E-state index is 12.3. The number of benzene rings is 1. The third kappa shape index (κ3) is 4.87. The molecule has 0 aliphatic carbocycles. The third-order valence-corrected chi connectivity index (χ3v) is 2.97. The largest absolute Gasteiger partial charge is 0.352 e. The zero-order valence-electron chi connectivity index (χ0n) is 10.0. The van der Waals surface area contributed by atoms with Crippen LogP contribution in [0.4, 0.5) is 8.78 Å². The molecule has 0 bridgehead atoms. The number of hydrogen-bond donors (Lipinski definition) is 1. The monoisotopic (exact) mass is 271 g/mol. The van der Waals surface area contributed by atoms with Gasteiger partial charge in [0.25, 0.3) is 11.7 Å². The van der Waals surface area contributed by atoms with Gasteiger partial charge in [-0.1, -0.05) is 36.0 Å². The van der Waals surface area contributed by atoms with Crippen molar-refractivity contribution >= 4 is 17.7 Å². The van der Waals surface area contributed by atoms with E-state index in [1.54, 1.807) is 18.2 Å². The predicted octanol–water partition coefficient (Wildman–Crippen LogP) is 3.70. The van der Waals surface area contributed by atoms with Crippen LogP contribution in [0.5, 0.6) is 0 Å². The summed E-state index contributed by atoms with van der Waals surface area (Å²) >= 11 is 0.389. The van der Waals surface area contributed by atoms with Gasteiger partial charge >= 0.3 is 0 Å². The Morgan fingerprint density at radius 1 is 1.44 bits per heavy atom. The van der Waals surface area contributed by atoms with Crippen molar-refractivity contribution in [2.24, 2.45) is 0 Å². The van der Waals surface area contributed by atoms with E-state index in [4.69, 9.17) is 0 Å². The highest BCUT2D eigenvalue weighted by molar-refractivity contribution is 7.99. The molecule has 0 atom stereocenters. The summed E-state index contributed by atoms with van der Waals surface area (Å²) in [6.45, 7) is 2.40. The summed E-state index contributed by atoms with van der Waals surface area (Å²) in [5.74, 6) is -2.84. The highest BCUT2D eigenvalue weighted by atomic mass is 32.2. The molecule has 0 saturated heterocycles. The molecule has 0 heterocycles. The van der Waals surface area contributed by atoms with Crippen LogP contribution in [0.2, 0.25) is 0 Å². The summed E-state index contributed by atoms with van der Waals surface area (Å²) in [6.07, 6.45) is 4.55. The van der Waals surface area contributed by atoms with Crippen molar-refractivity contribution in [1.29, 1.82) is 0 Å². The standard InChI is InChI=1S/C13H15F2NOS/c1-2-3-6-9-16-12(17)10-7-4-5-8-11(10)18-13(14)15/h2-5,7-8,13H,6,9H2,1H3,(H,16,17)/b3-2+. The highest BCUT2D eigenvalue weighted by Gasteiger charge is 2.14. The molecule has 0 aliphatic rings. The minimum absolute atomic E-state index is 0.295. The first-order valence-electron chi connectivity index (χ1n) is 5.58. The van der Waals surface area contributed by atoms with Crippen LogP contribution < -0.4 is 5.32 Å². The Kier molecular flexibility index (Phi) is 6.43. The van der Waals surface area contributed by atoms with E-state index in [0.717, 1.165) is 6.42 Å². The molecular formula is C13H15F2NOS. The zero-order valence-corrected chi connectivity index (χ0v) is 10.8. The van der Waals surface area contributed by atoms with E-state index in [1.165, 1.54) is 6.07 Å². The van der Waals surface area contributed by atoms with Crippen LogP contribution in [0.25, 0.3) is 0 Å². The molecule has 0 unspecified atom stereocenters. The minimum atomic E-state index is -2.53. The van der Waals surface area contributed by atoms with Crippen molar-refractivity contribution in [1.82, 2.24) is 5.32 Å². The number of nitrogens with one attached hydrogen (secondary N) is 1. The van der Waals surface area contributed by atoms with Gasteiger partial charge < -0.3 is 5.32 Å². The van der Waals surface area contributed by atoms with E-state index in [-0.39, 0.29) is 5.91 Å². The van der Waals surface area contributed by atoms with Gasteiger partial charge in [0, 0.05) is 11.4 Å². The lowest BCUT2D eigenvalue weighted by Gasteiger charge is -2.08. The van der Waals surface area contributed by atoms with Crippen LogP contribution >= 0.6 is 11.8 Å².